The Kier molecular flexibility index (Phi) is 4.35. The van der Waals surface area contributed by atoms with Crippen LogP contribution in [0.4, 0.5) is 0 Å². The molecule has 0 aliphatic carbocycles. The van der Waals surface area contributed by atoms with Crippen molar-refractivity contribution in [3.8, 4) is 0 Å². The van der Waals surface area contributed by atoms with Crippen molar-refractivity contribution in [1.29, 1.82) is 0 Å². The fraction of sp³-hybridized carbons (Fsp3) is 0.263. The molecule has 0 fully saturated rings. The highest BCUT2D eigenvalue weighted by Crippen LogP contribution is 2.17. The van der Waals surface area contributed by atoms with E-state index in [1.807, 2.05) is 49.6 Å². The Morgan fingerprint density at radius 3 is 3.12 bits per heavy atom. The van der Waals surface area contributed by atoms with Crippen molar-refractivity contribution in [2.24, 2.45) is 0 Å². The van der Waals surface area contributed by atoms with Gasteiger partial charge in [0.2, 0.25) is 5.91 Å². The highest BCUT2D eigenvalue weighted by molar-refractivity contribution is 5.86. The van der Waals surface area contributed by atoms with Crippen molar-refractivity contribution in [2.45, 2.75) is 26.2 Å². The Morgan fingerprint density at radius 2 is 2.19 bits per heavy atom. The molecule has 4 rings (SSSR count). The Labute approximate surface area is 150 Å². The van der Waals surface area contributed by atoms with E-state index in [0.29, 0.717) is 17.8 Å². The lowest BCUT2D eigenvalue weighted by Crippen LogP contribution is -2.26. The summed E-state index contributed by atoms with van der Waals surface area (Å²) in [5.74, 6) is -0.0552. The summed E-state index contributed by atoms with van der Waals surface area (Å²) in [6, 6.07) is 9.49. The van der Waals surface area contributed by atoms with Crippen LogP contribution in [-0.4, -0.2) is 32.2 Å². The predicted octanol–water partition coefficient (Wildman–Crippen LogP) is 2.47. The van der Waals surface area contributed by atoms with Crippen LogP contribution in [0.3, 0.4) is 0 Å². The van der Waals surface area contributed by atoms with Crippen LogP contribution in [-0.2, 0) is 17.6 Å². The number of benzene rings is 1. The maximum atomic E-state index is 12.1. The second-order valence-corrected chi connectivity index (χ2v) is 6.31. The third-order valence-corrected chi connectivity index (χ3v) is 4.23. The number of carbonyl (C=O) groups is 1. The Hall–Kier alpha value is -3.22. The monoisotopic (exact) mass is 349 g/mol. The molecule has 7 nitrogen and oxygen atoms in total. The zero-order valence-electron chi connectivity index (χ0n) is 14.5. The first-order valence-corrected chi connectivity index (χ1v) is 8.60. The average Bonchev–Trinajstić information content (AvgIpc) is 3.21. The molecule has 0 bridgehead atoms. The van der Waals surface area contributed by atoms with Gasteiger partial charge in [0.25, 0.3) is 0 Å². The largest absolute Gasteiger partial charge is 0.356 e. The smallest absolute Gasteiger partial charge is 0.226 e. The van der Waals surface area contributed by atoms with E-state index in [0.717, 1.165) is 35.1 Å². The van der Waals surface area contributed by atoms with Crippen LogP contribution in [0.5, 0.6) is 0 Å². The SMILES string of the molecule is Cc1cc2ncc(CCCNC(=O)Cc3noc4ccccc34)cn2n1. The fourth-order valence-electron chi connectivity index (χ4n) is 2.96. The van der Waals surface area contributed by atoms with E-state index in [2.05, 4.69) is 20.6 Å². The molecule has 1 aromatic carbocycles. The van der Waals surface area contributed by atoms with E-state index in [9.17, 15) is 4.79 Å². The van der Waals surface area contributed by atoms with Gasteiger partial charge < -0.3 is 9.84 Å². The van der Waals surface area contributed by atoms with E-state index < -0.39 is 0 Å². The third kappa shape index (κ3) is 3.42. The maximum Gasteiger partial charge on any atom is 0.226 e. The quantitative estimate of drug-likeness (QED) is 0.541. The molecular formula is C19H19N5O2. The molecule has 26 heavy (non-hydrogen) atoms. The number of nitrogens with zero attached hydrogens (tertiary/aromatic N) is 4. The number of rotatable bonds is 6. The fourth-order valence-corrected chi connectivity index (χ4v) is 2.96. The van der Waals surface area contributed by atoms with Gasteiger partial charge in [-0.3, -0.25) is 4.79 Å². The maximum absolute atomic E-state index is 12.1. The van der Waals surface area contributed by atoms with E-state index in [4.69, 9.17) is 4.52 Å². The highest BCUT2D eigenvalue weighted by Gasteiger charge is 2.11. The predicted molar refractivity (Wildman–Crippen MR) is 96.8 cm³/mol. The lowest BCUT2D eigenvalue weighted by molar-refractivity contribution is -0.120. The van der Waals surface area contributed by atoms with E-state index in [1.165, 1.54) is 0 Å². The molecule has 132 valence electrons. The topological polar surface area (TPSA) is 85.3 Å². The molecular weight excluding hydrogens is 330 g/mol. The molecule has 1 amide bonds. The van der Waals surface area contributed by atoms with Crippen LogP contribution in [0.2, 0.25) is 0 Å². The highest BCUT2D eigenvalue weighted by atomic mass is 16.5. The lowest BCUT2D eigenvalue weighted by atomic mass is 10.1. The van der Waals surface area contributed by atoms with E-state index in [-0.39, 0.29) is 12.3 Å². The number of nitrogens with one attached hydrogen (secondary N) is 1. The molecule has 3 aromatic heterocycles. The number of aromatic nitrogens is 4. The number of carbonyl (C=O) groups excluding carboxylic acids is 1. The molecule has 3 heterocycles. The van der Waals surface area contributed by atoms with Crippen LogP contribution >= 0.6 is 0 Å². The molecule has 0 saturated carbocycles. The summed E-state index contributed by atoms with van der Waals surface area (Å²) in [4.78, 5) is 16.5. The van der Waals surface area contributed by atoms with Gasteiger partial charge in [-0.15, -0.1) is 0 Å². The van der Waals surface area contributed by atoms with Crippen molar-refractivity contribution >= 4 is 22.5 Å². The molecule has 0 spiro atoms. The number of hydrogen-bond acceptors (Lipinski definition) is 5. The van der Waals surface area contributed by atoms with E-state index in [1.54, 1.807) is 4.52 Å². The van der Waals surface area contributed by atoms with Gasteiger partial charge in [-0.25, -0.2) is 9.50 Å². The van der Waals surface area contributed by atoms with Gasteiger partial charge in [0.05, 0.1) is 12.1 Å². The molecule has 0 radical (unpaired) electrons. The van der Waals surface area contributed by atoms with Crippen LogP contribution in [0.15, 0.2) is 47.2 Å². The second-order valence-electron chi connectivity index (χ2n) is 6.31. The van der Waals surface area contributed by atoms with Crippen LogP contribution in [0, 0.1) is 6.92 Å². The summed E-state index contributed by atoms with van der Waals surface area (Å²) >= 11 is 0. The lowest BCUT2D eigenvalue weighted by Gasteiger charge is -2.05. The van der Waals surface area contributed by atoms with Gasteiger partial charge >= 0.3 is 0 Å². The van der Waals surface area contributed by atoms with Crippen molar-refractivity contribution in [1.82, 2.24) is 25.1 Å². The Morgan fingerprint density at radius 1 is 1.31 bits per heavy atom. The Bertz CT molecular complexity index is 1070. The summed E-state index contributed by atoms with van der Waals surface area (Å²) in [7, 11) is 0. The zero-order valence-corrected chi connectivity index (χ0v) is 14.5. The molecule has 4 aromatic rings. The first-order valence-electron chi connectivity index (χ1n) is 8.60. The number of aryl methyl sites for hydroxylation is 2. The van der Waals surface area contributed by atoms with Gasteiger partial charge in [0.1, 0.15) is 5.69 Å². The van der Waals surface area contributed by atoms with Crippen molar-refractivity contribution < 1.29 is 9.32 Å². The number of hydrogen-bond donors (Lipinski definition) is 1. The van der Waals surface area contributed by atoms with Gasteiger partial charge in [-0.2, -0.15) is 5.10 Å². The molecule has 0 atom stereocenters. The summed E-state index contributed by atoms with van der Waals surface area (Å²) in [6.45, 7) is 2.55. The molecule has 0 unspecified atom stereocenters. The van der Waals surface area contributed by atoms with Crippen molar-refractivity contribution in [3.05, 3.63) is 59.7 Å². The normalized spacial score (nSPS) is 11.3. The zero-order chi connectivity index (χ0) is 17.9. The Balaban J connectivity index is 1.28. The first-order chi connectivity index (χ1) is 12.7. The second kappa shape index (κ2) is 6.95. The minimum absolute atomic E-state index is 0.0552. The average molecular weight is 349 g/mol. The first kappa shape index (κ1) is 16.3. The standard InChI is InChI=1S/C19H19N5O2/c1-13-9-18-21-11-14(12-24(18)22-13)5-4-8-20-19(25)10-16-15-6-2-3-7-17(15)26-23-16/h2-3,6-7,9,11-12H,4-5,8,10H2,1H3,(H,20,25). The summed E-state index contributed by atoms with van der Waals surface area (Å²) in [6.07, 6.45) is 5.73. The summed E-state index contributed by atoms with van der Waals surface area (Å²) in [5.41, 5.74) is 4.26. The summed E-state index contributed by atoms with van der Waals surface area (Å²) < 4.78 is 7.02. The van der Waals surface area contributed by atoms with Crippen LogP contribution < -0.4 is 5.32 Å². The number of amides is 1. The van der Waals surface area contributed by atoms with Gasteiger partial charge in [-0.05, 0) is 37.5 Å². The minimum atomic E-state index is -0.0552. The number of para-hydroxylation sites is 1. The minimum Gasteiger partial charge on any atom is -0.356 e. The van der Waals surface area contributed by atoms with Crippen molar-refractivity contribution in [2.75, 3.05) is 6.54 Å². The van der Waals surface area contributed by atoms with E-state index >= 15 is 0 Å². The molecule has 0 aliphatic heterocycles. The van der Waals surface area contributed by atoms with Gasteiger partial charge in [-0.1, -0.05) is 17.3 Å². The molecule has 1 N–H and O–H groups in total. The van der Waals surface area contributed by atoms with Crippen LogP contribution in [0.25, 0.3) is 16.6 Å². The third-order valence-electron chi connectivity index (χ3n) is 4.23. The number of fused-ring (bicyclic) bond motifs is 2. The van der Waals surface area contributed by atoms with Crippen molar-refractivity contribution in [3.63, 3.8) is 0 Å². The van der Waals surface area contributed by atoms with Crippen LogP contribution in [0.1, 0.15) is 23.4 Å². The van der Waals surface area contributed by atoms with Gasteiger partial charge in [0, 0.05) is 30.4 Å². The summed E-state index contributed by atoms with van der Waals surface area (Å²) in [5, 5.41) is 12.2. The molecule has 7 heteroatoms. The molecule has 0 saturated heterocycles. The van der Waals surface area contributed by atoms with Gasteiger partial charge in [0.15, 0.2) is 11.2 Å². The molecule has 0 aliphatic rings.